The number of nitrogens with one attached hydrogen (secondary N) is 1. The number of benzene rings is 1. The van der Waals surface area contributed by atoms with Crippen LogP contribution in [0.5, 0.6) is 0 Å². The lowest BCUT2D eigenvalue weighted by Gasteiger charge is -2.14. The van der Waals surface area contributed by atoms with Crippen LogP contribution in [-0.4, -0.2) is 39.3 Å². The van der Waals surface area contributed by atoms with Crippen LogP contribution in [-0.2, 0) is 4.74 Å². The average molecular weight is 321 g/mol. The number of rotatable bonds is 5. The normalized spacial score (nSPS) is 14.6. The second-order valence-electron chi connectivity index (χ2n) is 5.73. The van der Waals surface area contributed by atoms with Crippen molar-refractivity contribution in [3.63, 3.8) is 0 Å². The van der Waals surface area contributed by atoms with Crippen LogP contribution in [0.3, 0.4) is 0 Å². The van der Waals surface area contributed by atoms with Gasteiger partial charge in [-0.05, 0) is 12.8 Å². The van der Waals surface area contributed by atoms with E-state index in [-0.39, 0.29) is 0 Å². The molecule has 1 N–H and O–H groups in total. The zero-order valence-corrected chi connectivity index (χ0v) is 13.4. The molecule has 1 aromatic carbocycles. The Balaban J connectivity index is 1.57. The maximum atomic E-state index is 5.35. The highest BCUT2D eigenvalue weighted by molar-refractivity contribution is 5.65. The molecule has 3 heterocycles. The van der Waals surface area contributed by atoms with E-state index in [9.17, 15) is 0 Å². The first-order valence-corrected chi connectivity index (χ1v) is 8.16. The lowest BCUT2D eigenvalue weighted by molar-refractivity contribution is 0.153. The van der Waals surface area contributed by atoms with Crippen molar-refractivity contribution in [3.8, 4) is 11.3 Å². The van der Waals surface area contributed by atoms with Crippen molar-refractivity contribution in [3.05, 3.63) is 54.4 Å². The summed E-state index contributed by atoms with van der Waals surface area (Å²) in [5, 5.41) is 7.73. The van der Waals surface area contributed by atoms with Gasteiger partial charge in [-0.3, -0.25) is 0 Å². The Bertz CT molecular complexity index is 856. The number of ether oxygens (including phenoxy) is 1. The zero-order chi connectivity index (χ0) is 16.2. The van der Waals surface area contributed by atoms with Crippen LogP contribution >= 0.6 is 0 Å². The molecule has 4 rings (SSSR count). The molecule has 6 heteroatoms. The van der Waals surface area contributed by atoms with Crippen molar-refractivity contribution >= 4 is 11.6 Å². The second-order valence-corrected chi connectivity index (χ2v) is 5.73. The third kappa shape index (κ3) is 3.14. The molecule has 1 aliphatic rings. The van der Waals surface area contributed by atoms with Gasteiger partial charge >= 0.3 is 0 Å². The number of anilines is 1. The van der Waals surface area contributed by atoms with Crippen LogP contribution in [0.15, 0.2) is 54.4 Å². The van der Waals surface area contributed by atoms with E-state index in [1.54, 1.807) is 4.52 Å². The molecule has 0 saturated heterocycles. The van der Waals surface area contributed by atoms with E-state index in [0.29, 0.717) is 5.78 Å². The Morgan fingerprint density at radius 2 is 2.12 bits per heavy atom. The van der Waals surface area contributed by atoms with Crippen LogP contribution in [0, 0.1) is 0 Å². The van der Waals surface area contributed by atoms with E-state index in [4.69, 9.17) is 4.74 Å². The summed E-state index contributed by atoms with van der Waals surface area (Å²) >= 11 is 0. The molecule has 0 spiro atoms. The summed E-state index contributed by atoms with van der Waals surface area (Å²) < 4.78 is 7.09. The number of hydrogen-bond acceptors (Lipinski definition) is 5. The summed E-state index contributed by atoms with van der Waals surface area (Å²) in [7, 11) is 0. The molecule has 2 aromatic heterocycles. The highest BCUT2D eigenvalue weighted by Gasteiger charge is 2.09. The molecule has 0 saturated carbocycles. The largest absolute Gasteiger partial charge is 0.377 e. The first kappa shape index (κ1) is 14.8. The van der Waals surface area contributed by atoms with Gasteiger partial charge in [-0.1, -0.05) is 42.0 Å². The molecular weight excluding hydrogens is 302 g/mol. The summed E-state index contributed by atoms with van der Waals surface area (Å²) in [6, 6.07) is 12.1. The van der Waals surface area contributed by atoms with Crippen molar-refractivity contribution in [2.24, 2.45) is 0 Å². The smallest absolute Gasteiger partial charge is 0.254 e. The number of nitrogens with zero attached hydrogens (tertiary/aromatic N) is 4. The molecule has 24 heavy (non-hydrogen) atoms. The van der Waals surface area contributed by atoms with E-state index in [2.05, 4.69) is 26.5 Å². The van der Waals surface area contributed by atoms with Gasteiger partial charge in [-0.15, -0.1) is 0 Å². The second kappa shape index (κ2) is 6.80. The maximum Gasteiger partial charge on any atom is 0.254 e. The minimum Gasteiger partial charge on any atom is -0.377 e. The van der Waals surface area contributed by atoms with Gasteiger partial charge in [0.1, 0.15) is 12.1 Å². The van der Waals surface area contributed by atoms with Gasteiger partial charge in [0.2, 0.25) is 0 Å². The fourth-order valence-corrected chi connectivity index (χ4v) is 2.84. The third-order valence-electron chi connectivity index (χ3n) is 4.13. The predicted octanol–water partition coefficient (Wildman–Crippen LogP) is 2.94. The SMILES string of the molecule is C1=C(CCNc2cc(-c3ccccc3)nc3ncnn23)CCOC1. The maximum absolute atomic E-state index is 5.35. The van der Waals surface area contributed by atoms with Gasteiger partial charge in [-0.25, -0.2) is 4.98 Å². The van der Waals surface area contributed by atoms with E-state index >= 15 is 0 Å². The standard InChI is InChI=1S/C18H19N5O/c1-2-4-15(5-3-1)16-12-17(23-18(22-16)20-13-21-23)19-9-6-14-7-10-24-11-8-14/h1-5,7,12-13,19H,6,8-11H2. The molecule has 0 atom stereocenters. The molecular formula is C18H19N5O. The van der Waals surface area contributed by atoms with Gasteiger partial charge in [0, 0.05) is 18.2 Å². The van der Waals surface area contributed by atoms with Gasteiger partial charge < -0.3 is 10.1 Å². The van der Waals surface area contributed by atoms with E-state index in [1.807, 2.05) is 36.4 Å². The summed E-state index contributed by atoms with van der Waals surface area (Å²) in [6.45, 7) is 2.40. The van der Waals surface area contributed by atoms with Crippen molar-refractivity contribution in [2.75, 3.05) is 25.1 Å². The van der Waals surface area contributed by atoms with E-state index < -0.39 is 0 Å². The highest BCUT2D eigenvalue weighted by Crippen LogP contribution is 2.21. The minimum atomic E-state index is 0.601. The van der Waals surface area contributed by atoms with Crippen molar-refractivity contribution in [2.45, 2.75) is 12.8 Å². The monoisotopic (exact) mass is 321 g/mol. The molecule has 0 radical (unpaired) electrons. The number of hydrogen-bond donors (Lipinski definition) is 1. The minimum absolute atomic E-state index is 0.601. The molecule has 0 amide bonds. The molecule has 0 unspecified atom stereocenters. The summed E-state index contributed by atoms with van der Waals surface area (Å²) in [5.41, 5.74) is 3.41. The van der Waals surface area contributed by atoms with Gasteiger partial charge in [0.25, 0.3) is 5.78 Å². The molecule has 0 bridgehead atoms. The average Bonchev–Trinajstić information content (AvgIpc) is 3.12. The van der Waals surface area contributed by atoms with Crippen molar-refractivity contribution in [1.29, 1.82) is 0 Å². The fourth-order valence-electron chi connectivity index (χ4n) is 2.84. The van der Waals surface area contributed by atoms with Gasteiger partial charge in [0.05, 0.1) is 18.9 Å². The Labute approximate surface area is 140 Å². The first-order chi connectivity index (χ1) is 11.9. The zero-order valence-electron chi connectivity index (χ0n) is 13.4. The van der Waals surface area contributed by atoms with Crippen LogP contribution < -0.4 is 5.32 Å². The molecule has 1 aliphatic heterocycles. The molecule has 0 aliphatic carbocycles. The Hall–Kier alpha value is -2.73. The van der Waals surface area contributed by atoms with E-state index in [1.165, 1.54) is 11.9 Å². The van der Waals surface area contributed by atoms with Gasteiger partial charge in [0.15, 0.2) is 0 Å². The molecule has 6 nitrogen and oxygen atoms in total. The Morgan fingerprint density at radius 1 is 1.21 bits per heavy atom. The molecule has 0 fully saturated rings. The lowest BCUT2D eigenvalue weighted by atomic mass is 10.1. The van der Waals surface area contributed by atoms with Gasteiger partial charge in [-0.2, -0.15) is 14.6 Å². The van der Waals surface area contributed by atoms with Crippen molar-refractivity contribution in [1.82, 2.24) is 19.6 Å². The number of aromatic nitrogens is 4. The van der Waals surface area contributed by atoms with E-state index in [0.717, 1.165) is 49.7 Å². The van der Waals surface area contributed by atoms with Crippen LogP contribution in [0.2, 0.25) is 0 Å². The molecule has 122 valence electrons. The van der Waals surface area contributed by atoms with Crippen LogP contribution in [0.1, 0.15) is 12.8 Å². The predicted molar refractivity (Wildman–Crippen MR) is 92.8 cm³/mol. The summed E-state index contributed by atoms with van der Waals surface area (Å²) in [6.07, 6.45) is 5.73. The first-order valence-electron chi connectivity index (χ1n) is 8.16. The molecule has 3 aromatic rings. The Morgan fingerprint density at radius 3 is 2.96 bits per heavy atom. The number of fused-ring (bicyclic) bond motifs is 1. The quantitative estimate of drug-likeness (QED) is 0.732. The topological polar surface area (TPSA) is 64.3 Å². The van der Waals surface area contributed by atoms with Crippen LogP contribution in [0.4, 0.5) is 5.82 Å². The third-order valence-corrected chi connectivity index (χ3v) is 4.13. The van der Waals surface area contributed by atoms with Crippen LogP contribution in [0.25, 0.3) is 17.0 Å². The van der Waals surface area contributed by atoms with Crippen molar-refractivity contribution < 1.29 is 4.74 Å². The fraction of sp³-hybridized carbons (Fsp3) is 0.278. The lowest BCUT2D eigenvalue weighted by Crippen LogP contribution is -2.11. The summed E-state index contributed by atoms with van der Waals surface area (Å²) in [5.74, 6) is 1.51. The summed E-state index contributed by atoms with van der Waals surface area (Å²) in [4.78, 5) is 8.82. The highest BCUT2D eigenvalue weighted by atomic mass is 16.5. The Kier molecular flexibility index (Phi) is 4.20.